The van der Waals surface area contributed by atoms with E-state index in [-0.39, 0.29) is 35.3 Å². The highest BCUT2D eigenvalue weighted by atomic mass is 16.5. The van der Waals surface area contributed by atoms with E-state index in [2.05, 4.69) is 15.3 Å². The molecule has 7 nitrogen and oxygen atoms in total. The predicted molar refractivity (Wildman–Crippen MR) is 73.1 cm³/mol. The third-order valence-electron chi connectivity index (χ3n) is 3.22. The van der Waals surface area contributed by atoms with Crippen molar-refractivity contribution in [3.05, 3.63) is 11.9 Å². The van der Waals surface area contributed by atoms with Crippen LogP contribution in [0.4, 0.5) is 0 Å². The average Bonchev–Trinajstić information content (AvgIpc) is 2.44. The quantitative estimate of drug-likeness (QED) is 0.859. The van der Waals surface area contributed by atoms with Crippen LogP contribution >= 0.6 is 0 Å². The lowest BCUT2D eigenvalue weighted by molar-refractivity contribution is 0.0665. The van der Waals surface area contributed by atoms with E-state index in [1.165, 1.54) is 20.5 Å². The van der Waals surface area contributed by atoms with Crippen molar-refractivity contribution < 1.29 is 14.3 Å². The van der Waals surface area contributed by atoms with Crippen molar-refractivity contribution in [2.24, 2.45) is 0 Å². The minimum Gasteiger partial charge on any atom is -0.480 e. The number of nitrogens with one attached hydrogen (secondary N) is 1. The van der Waals surface area contributed by atoms with Gasteiger partial charge in [-0.05, 0) is 13.8 Å². The van der Waals surface area contributed by atoms with E-state index in [0.717, 1.165) is 0 Å². The van der Waals surface area contributed by atoms with E-state index in [9.17, 15) is 4.79 Å². The summed E-state index contributed by atoms with van der Waals surface area (Å²) < 4.78 is 10.3. The Morgan fingerprint density at radius 2 is 1.70 bits per heavy atom. The van der Waals surface area contributed by atoms with Gasteiger partial charge in [0.2, 0.25) is 11.8 Å². The maximum absolute atomic E-state index is 12.7. The molecule has 110 valence electrons. The average molecular weight is 280 g/mol. The second-order valence-electron chi connectivity index (χ2n) is 4.95. The number of hydrogen-bond donors (Lipinski definition) is 1. The summed E-state index contributed by atoms with van der Waals surface area (Å²) in [4.78, 5) is 22.4. The highest BCUT2D eigenvalue weighted by Gasteiger charge is 2.30. The van der Waals surface area contributed by atoms with Crippen molar-refractivity contribution >= 4 is 5.91 Å². The van der Waals surface area contributed by atoms with Crippen LogP contribution in [0.1, 0.15) is 24.2 Å². The van der Waals surface area contributed by atoms with Gasteiger partial charge in [0.25, 0.3) is 5.91 Å². The van der Waals surface area contributed by atoms with Gasteiger partial charge in [0.15, 0.2) is 5.56 Å². The molecule has 0 aliphatic carbocycles. The van der Waals surface area contributed by atoms with Gasteiger partial charge in [0.1, 0.15) is 6.33 Å². The van der Waals surface area contributed by atoms with E-state index < -0.39 is 0 Å². The Labute approximate surface area is 118 Å². The number of nitrogens with zero attached hydrogens (tertiary/aromatic N) is 3. The summed E-state index contributed by atoms with van der Waals surface area (Å²) in [6.45, 7) is 5.35. The Morgan fingerprint density at radius 3 is 2.15 bits per heavy atom. The number of carbonyl (C=O) groups excluding carboxylic acids is 1. The van der Waals surface area contributed by atoms with Crippen LogP contribution in [-0.2, 0) is 0 Å². The highest BCUT2D eigenvalue weighted by Crippen LogP contribution is 2.25. The molecule has 0 aromatic carbocycles. The zero-order valence-electron chi connectivity index (χ0n) is 12.2. The Morgan fingerprint density at radius 1 is 1.20 bits per heavy atom. The van der Waals surface area contributed by atoms with Gasteiger partial charge in [-0.2, -0.15) is 0 Å². The van der Waals surface area contributed by atoms with E-state index in [0.29, 0.717) is 13.1 Å². The number of ether oxygens (including phenoxy) is 2. The van der Waals surface area contributed by atoms with Crippen molar-refractivity contribution in [3.63, 3.8) is 0 Å². The van der Waals surface area contributed by atoms with Crippen molar-refractivity contribution in [2.45, 2.75) is 25.9 Å². The molecule has 1 N–H and O–H groups in total. The van der Waals surface area contributed by atoms with Gasteiger partial charge in [0.05, 0.1) is 14.2 Å². The first-order valence-electron chi connectivity index (χ1n) is 6.55. The molecule has 1 aromatic heterocycles. The summed E-state index contributed by atoms with van der Waals surface area (Å²) in [5, 5.41) is 3.39. The SMILES string of the molecule is COc1ncnc(OC)c1C(=O)N1CC(C)NC(C)C1. The fourth-order valence-corrected chi connectivity index (χ4v) is 2.50. The number of aromatic nitrogens is 2. The zero-order chi connectivity index (χ0) is 14.7. The molecule has 20 heavy (non-hydrogen) atoms. The van der Waals surface area contributed by atoms with Gasteiger partial charge in [-0.15, -0.1) is 0 Å². The summed E-state index contributed by atoms with van der Waals surface area (Å²) >= 11 is 0. The van der Waals surface area contributed by atoms with Crippen LogP contribution in [0.2, 0.25) is 0 Å². The molecule has 1 aromatic rings. The lowest BCUT2D eigenvalue weighted by Crippen LogP contribution is -2.55. The third-order valence-corrected chi connectivity index (χ3v) is 3.22. The molecule has 2 heterocycles. The molecule has 1 amide bonds. The van der Waals surface area contributed by atoms with Gasteiger partial charge in [0, 0.05) is 25.2 Å². The number of rotatable bonds is 3. The van der Waals surface area contributed by atoms with E-state index in [4.69, 9.17) is 9.47 Å². The Bertz CT molecular complexity index is 462. The summed E-state index contributed by atoms with van der Waals surface area (Å²) in [6.07, 6.45) is 1.32. The molecule has 1 fully saturated rings. The summed E-state index contributed by atoms with van der Waals surface area (Å²) in [7, 11) is 2.95. The van der Waals surface area contributed by atoms with Gasteiger partial charge >= 0.3 is 0 Å². The molecule has 1 aliphatic rings. The smallest absolute Gasteiger partial charge is 0.265 e. The molecular formula is C13H20N4O3. The number of carbonyl (C=O) groups is 1. The molecule has 2 atom stereocenters. The Hall–Kier alpha value is -1.89. The summed E-state index contributed by atoms with van der Waals surface area (Å²) in [6, 6.07) is 0.480. The van der Waals surface area contributed by atoms with E-state index in [1.54, 1.807) is 4.90 Å². The molecule has 2 rings (SSSR count). The molecule has 7 heteroatoms. The van der Waals surface area contributed by atoms with Gasteiger partial charge < -0.3 is 19.7 Å². The topological polar surface area (TPSA) is 76.6 Å². The van der Waals surface area contributed by atoms with Crippen molar-refractivity contribution in [2.75, 3.05) is 27.3 Å². The number of piperazine rings is 1. The summed E-state index contributed by atoms with van der Waals surface area (Å²) in [5.41, 5.74) is 0.277. The Balaban J connectivity index is 2.32. The summed E-state index contributed by atoms with van der Waals surface area (Å²) in [5.74, 6) is 0.306. The fraction of sp³-hybridized carbons (Fsp3) is 0.615. The number of hydrogen-bond acceptors (Lipinski definition) is 6. The fourth-order valence-electron chi connectivity index (χ4n) is 2.50. The highest BCUT2D eigenvalue weighted by molar-refractivity contribution is 5.98. The Kier molecular flexibility index (Phi) is 4.39. The van der Waals surface area contributed by atoms with Crippen LogP contribution in [0.5, 0.6) is 11.8 Å². The third kappa shape index (κ3) is 2.82. The molecular weight excluding hydrogens is 260 g/mol. The molecule has 0 bridgehead atoms. The van der Waals surface area contributed by atoms with E-state index >= 15 is 0 Å². The number of methoxy groups -OCH3 is 2. The largest absolute Gasteiger partial charge is 0.480 e. The van der Waals surface area contributed by atoms with Crippen LogP contribution in [0.15, 0.2) is 6.33 Å². The molecule has 2 unspecified atom stereocenters. The van der Waals surface area contributed by atoms with Crippen LogP contribution in [0.3, 0.4) is 0 Å². The van der Waals surface area contributed by atoms with Crippen molar-refractivity contribution in [3.8, 4) is 11.8 Å². The van der Waals surface area contributed by atoms with Gasteiger partial charge in [-0.3, -0.25) is 4.79 Å². The lowest BCUT2D eigenvalue weighted by Gasteiger charge is -2.36. The maximum atomic E-state index is 12.7. The number of amides is 1. The molecule has 1 aliphatic heterocycles. The molecule has 1 saturated heterocycles. The standard InChI is InChI=1S/C13H20N4O3/c1-8-5-17(6-9(2)16-8)13(18)10-11(19-3)14-7-15-12(10)20-4/h7-9,16H,5-6H2,1-4H3. The zero-order valence-corrected chi connectivity index (χ0v) is 12.2. The second kappa shape index (κ2) is 6.04. The maximum Gasteiger partial charge on any atom is 0.265 e. The first kappa shape index (κ1) is 14.5. The van der Waals surface area contributed by atoms with Gasteiger partial charge in [-0.25, -0.2) is 9.97 Å². The van der Waals surface area contributed by atoms with Gasteiger partial charge in [-0.1, -0.05) is 0 Å². The van der Waals surface area contributed by atoms with Crippen LogP contribution < -0.4 is 14.8 Å². The lowest BCUT2D eigenvalue weighted by atomic mass is 10.1. The minimum atomic E-state index is -0.167. The predicted octanol–water partition coefficient (Wildman–Crippen LogP) is 0.316. The molecule has 0 radical (unpaired) electrons. The van der Waals surface area contributed by atoms with E-state index in [1.807, 2.05) is 13.8 Å². The first-order valence-corrected chi connectivity index (χ1v) is 6.55. The van der Waals surface area contributed by atoms with Crippen LogP contribution in [0, 0.1) is 0 Å². The second-order valence-corrected chi connectivity index (χ2v) is 4.95. The molecule has 0 saturated carbocycles. The minimum absolute atomic E-state index is 0.167. The molecule has 0 spiro atoms. The van der Waals surface area contributed by atoms with Crippen LogP contribution in [-0.4, -0.2) is 60.2 Å². The normalized spacial score (nSPS) is 22.5. The van der Waals surface area contributed by atoms with Crippen molar-refractivity contribution in [1.82, 2.24) is 20.2 Å². The monoisotopic (exact) mass is 280 g/mol. The van der Waals surface area contributed by atoms with Crippen LogP contribution in [0.25, 0.3) is 0 Å². The first-order chi connectivity index (χ1) is 9.56. The van der Waals surface area contributed by atoms with Crippen molar-refractivity contribution in [1.29, 1.82) is 0 Å².